The smallest absolute Gasteiger partial charge is 0.230 e. The van der Waals surface area contributed by atoms with E-state index in [2.05, 4.69) is 28.6 Å². The van der Waals surface area contributed by atoms with Crippen LogP contribution >= 0.6 is 11.3 Å². The van der Waals surface area contributed by atoms with Crippen molar-refractivity contribution in [3.63, 3.8) is 0 Å². The fourth-order valence-corrected chi connectivity index (χ4v) is 3.74. The van der Waals surface area contributed by atoms with Crippen LogP contribution in [0.5, 0.6) is 0 Å². The van der Waals surface area contributed by atoms with Crippen molar-refractivity contribution in [2.75, 3.05) is 13.1 Å². The third kappa shape index (κ3) is 3.08. The standard InChI is InChI=1S/C14H19N3O3S/c1-9(7-15-14(18)11-6-12(11)17(19)20)16-4-2-13-10(8-16)3-5-21-13/h3,5,9,11-12H,2,4,6-8H2,1H3,(H,15,18)/t9-,11-,12-/m1/s1. The number of fused-ring (bicyclic) bond motifs is 1. The molecule has 1 aliphatic carbocycles. The van der Waals surface area contributed by atoms with Gasteiger partial charge in [0.25, 0.3) is 0 Å². The minimum atomic E-state index is -0.663. The van der Waals surface area contributed by atoms with E-state index in [0.717, 1.165) is 19.5 Å². The van der Waals surface area contributed by atoms with Gasteiger partial charge in [0.2, 0.25) is 11.9 Å². The van der Waals surface area contributed by atoms with Crippen molar-refractivity contribution in [3.05, 3.63) is 32.0 Å². The van der Waals surface area contributed by atoms with Crippen LogP contribution in [0.15, 0.2) is 11.4 Å². The molecular formula is C14H19N3O3S. The van der Waals surface area contributed by atoms with E-state index in [-0.39, 0.29) is 16.9 Å². The molecule has 1 aromatic rings. The molecule has 1 aliphatic heterocycles. The van der Waals surface area contributed by atoms with Crippen molar-refractivity contribution in [3.8, 4) is 0 Å². The Morgan fingerprint density at radius 2 is 2.48 bits per heavy atom. The first kappa shape index (κ1) is 14.5. The highest BCUT2D eigenvalue weighted by Gasteiger charge is 2.53. The molecule has 1 fully saturated rings. The van der Waals surface area contributed by atoms with Crippen LogP contribution in [0.4, 0.5) is 0 Å². The summed E-state index contributed by atoms with van der Waals surface area (Å²) in [4.78, 5) is 25.9. The molecule has 0 radical (unpaired) electrons. The van der Waals surface area contributed by atoms with E-state index in [1.807, 2.05) is 11.3 Å². The summed E-state index contributed by atoms with van der Waals surface area (Å²) in [6.07, 6.45) is 1.45. The summed E-state index contributed by atoms with van der Waals surface area (Å²) in [6.45, 7) is 4.58. The maximum absolute atomic E-state index is 11.8. The van der Waals surface area contributed by atoms with Crippen LogP contribution in [-0.2, 0) is 17.8 Å². The van der Waals surface area contributed by atoms with Crippen molar-refractivity contribution in [2.45, 2.75) is 38.4 Å². The molecule has 0 bridgehead atoms. The second kappa shape index (κ2) is 5.73. The first-order chi connectivity index (χ1) is 10.1. The Morgan fingerprint density at radius 3 is 3.19 bits per heavy atom. The lowest BCUT2D eigenvalue weighted by Crippen LogP contribution is -2.44. The molecule has 114 valence electrons. The van der Waals surface area contributed by atoms with Gasteiger partial charge in [0.05, 0.1) is 0 Å². The average molecular weight is 309 g/mol. The zero-order chi connectivity index (χ0) is 15.0. The minimum absolute atomic E-state index is 0.170. The number of nitrogens with one attached hydrogen (secondary N) is 1. The number of rotatable bonds is 5. The fourth-order valence-electron chi connectivity index (χ4n) is 2.85. The Balaban J connectivity index is 1.46. The molecule has 0 spiro atoms. The molecular weight excluding hydrogens is 290 g/mol. The topological polar surface area (TPSA) is 75.5 Å². The van der Waals surface area contributed by atoms with Gasteiger partial charge < -0.3 is 5.32 Å². The highest BCUT2D eigenvalue weighted by Crippen LogP contribution is 2.33. The molecule has 1 amide bonds. The Labute approximate surface area is 127 Å². The number of hydrogen-bond donors (Lipinski definition) is 1. The van der Waals surface area contributed by atoms with Crippen molar-refractivity contribution in [1.82, 2.24) is 10.2 Å². The molecule has 1 saturated carbocycles. The molecule has 3 rings (SSSR count). The second-order valence-corrected chi connectivity index (χ2v) is 6.88. The van der Waals surface area contributed by atoms with E-state index in [1.54, 1.807) is 0 Å². The summed E-state index contributed by atoms with van der Waals surface area (Å²) < 4.78 is 0. The van der Waals surface area contributed by atoms with Crippen LogP contribution in [0, 0.1) is 16.0 Å². The summed E-state index contributed by atoms with van der Waals surface area (Å²) >= 11 is 1.81. The molecule has 21 heavy (non-hydrogen) atoms. The lowest BCUT2D eigenvalue weighted by Gasteiger charge is -2.32. The van der Waals surface area contributed by atoms with Gasteiger partial charge in [-0.05, 0) is 30.4 Å². The van der Waals surface area contributed by atoms with Crippen molar-refractivity contribution < 1.29 is 9.72 Å². The van der Waals surface area contributed by atoms with Crippen LogP contribution in [0.1, 0.15) is 23.8 Å². The maximum Gasteiger partial charge on any atom is 0.230 e. The number of nitrogens with zero attached hydrogens (tertiary/aromatic N) is 2. The zero-order valence-corrected chi connectivity index (χ0v) is 12.8. The molecule has 0 aromatic carbocycles. The van der Waals surface area contributed by atoms with E-state index in [1.165, 1.54) is 10.4 Å². The van der Waals surface area contributed by atoms with E-state index in [0.29, 0.717) is 13.0 Å². The molecule has 7 heteroatoms. The molecule has 3 atom stereocenters. The van der Waals surface area contributed by atoms with Gasteiger partial charge in [-0.25, -0.2) is 0 Å². The van der Waals surface area contributed by atoms with Gasteiger partial charge >= 0.3 is 0 Å². The maximum atomic E-state index is 11.8. The van der Waals surface area contributed by atoms with Gasteiger partial charge in [-0.3, -0.25) is 19.8 Å². The van der Waals surface area contributed by atoms with Gasteiger partial charge in [-0.1, -0.05) is 0 Å². The van der Waals surface area contributed by atoms with Gasteiger partial charge in [0.1, 0.15) is 5.92 Å². The van der Waals surface area contributed by atoms with Crippen LogP contribution < -0.4 is 5.32 Å². The number of carbonyl (C=O) groups excluding carboxylic acids is 1. The van der Waals surface area contributed by atoms with E-state index >= 15 is 0 Å². The van der Waals surface area contributed by atoms with E-state index < -0.39 is 12.0 Å². The Kier molecular flexibility index (Phi) is 3.95. The number of nitro groups is 1. The number of thiophene rings is 1. The SMILES string of the molecule is C[C@H](CNC(=O)[C@@H]1C[C@H]1[N+](=O)[O-])N1CCc2sccc2C1. The summed E-state index contributed by atoms with van der Waals surface area (Å²) in [5.74, 6) is -0.589. The quantitative estimate of drug-likeness (QED) is 0.656. The predicted octanol–water partition coefficient (Wildman–Crippen LogP) is 1.28. The lowest BCUT2D eigenvalue weighted by molar-refractivity contribution is -0.497. The summed E-state index contributed by atoms with van der Waals surface area (Å²) in [5, 5.41) is 15.6. The van der Waals surface area contributed by atoms with Crippen LogP contribution in [0.3, 0.4) is 0 Å². The van der Waals surface area contributed by atoms with Gasteiger partial charge in [0.15, 0.2) is 0 Å². The number of hydrogen-bond acceptors (Lipinski definition) is 5. The normalized spacial score (nSPS) is 26.0. The van der Waals surface area contributed by atoms with E-state index in [9.17, 15) is 14.9 Å². The van der Waals surface area contributed by atoms with Crippen LogP contribution in [0.25, 0.3) is 0 Å². The largest absolute Gasteiger partial charge is 0.354 e. The van der Waals surface area contributed by atoms with Crippen molar-refractivity contribution >= 4 is 17.2 Å². The zero-order valence-electron chi connectivity index (χ0n) is 11.9. The third-order valence-electron chi connectivity index (χ3n) is 4.40. The predicted molar refractivity (Wildman–Crippen MR) is 79.8 cm³/mol. The van der Waals surface area contributed by atoms with Crippen molar-refractivity contribution in [2.24, 2.45) is 5.92 Å². The van der Waals surface area contributed by atoms with Gasteiger partial charge in [-0.2, -0.15) is 0 Å². The lowest BCUT2D eigenvalue weighted by atomic mass is 10.1. The molecule has 0 saturated heterocycles. The summed E-state index contributed by atoms with van der Waals surface area (Å²) in [6, 6.07) is 1.75. The molecule has 2 heterocycles. The fraction of sp³-hybridized carbons (Fsp3) is 0.643. The highest BCUT2D eigenvalue weighted by molar-refractivity contribution is 7.10. The molecule has 1 N–H and O–H groups in total. The van der Waals surface area contributed by atoms with Crippen molar-refractivity contribution in [1.29, 1.82) is 0 Å². The first-order valence-corrected chi connectivity index (χ1v) is 8.14. The molecule has 2 aliphatic rings. The summed E-state index contributed by atoms with van der Waals surface area (Å²) in [7, 11) is 0. The summed E-state index contributed by atoms with van der Waals surface area (Å²) in [5.41, 5.74) is 1.39. The van der Waals surface area contributed by atoms with Crippen LogP contribution in [-0.4, -0.2) is 40.9 Å². The minimum Gasteiger partial charge on any atom is -0.354 e. The first-order valence-electron chi connectivity index (χ1n) is 7.26. The average Bonchev–Trinajstić information content (AvgIpc) is 3.15. The van der Waals surface area contributed by atoms with Crippen LogP contribution in [0.2, 0.25) is 0 Å². The van der Waals surface area contributed by atoms with Gasteiger partial charge in [0, 0.05) is 41.9 Å². The van der Waals surface area contributed by atoms with E-state index in [4.69, 9.17) is 0 Å². The van der Waals surface area contributed by atoms with Gasteiger partial charge in [-0.15, -0.1) is 11.3 Å². The highest BCUT2D eigenvalue weighted by atomic mass is 32.1. The Bertz CT molecular complexity index is 559. The number of carbonyl (C=O) groups is 1. The second-order valence-electron chi connectivity index (χ2n) is 5.88. The monoisotopic (exact) mass is 309 g/mol. The Hall–Kier alpha value is -1.47. The third-order valence-corrected chi connectivity index (χ3v) is 5.42. The molecule has 0 unspecified atom stereocenters. The Morgan fingerprint density at radius 1 is 1.67 bits per heavy atom. The molecule has 6 nitrogen and oxygen atoms in total. The molecule has 1 aromatic heterocycles. The number of amides is 1.